The summed E-state index contributed by atoms with van der Waals surface area (Å²) < 4.78 is 13.2. The second-order valence-corrected chi connectivity index (χ2v) is 5.21. The minimum Gasteiger partial charge on any atom is -0.268 e. The van der Waals surface area contributed by atoms with Gasteiger partial charge in [-0.2, -0.15) is 0 Å². The van der Waals surface area contributed by atoms with E-state index in [-0.39, 0.29) is 5.91 Å². The van der Waals surface area contributed by atoms with Crippen LogP contribution in [0.1, 0.15) is 10.4 Å². The fourth-order valence-corrected chi connectivity index (χ4v) is 2.82. The number of carbonyl (C=O) groups is 1. The first-order valence-electron chi connectivity index (χ1n) is 3.79. The van der Waals surface area contributed by atoms with E-state index in [4.69, 9.17) is 0 Å². The lowest BCUT2D eigenvalue weighted by Gasteiger charge is -2.11. The van der Waals surface area contributed by atoms with Crippen molar-refractivity contribution < 1.29 is 9.00 Å². The first-order chi connectivity index (χ1) is 6.05. The number of amides is 1. The molecule has 4 heteroatoms. The first kappa shape index (κ1) is 8.31. The lowest BCUT2D eigenvalue weighted by atomic mass is 10.2. The predicted octanol–water partition coefficient (Wildman–Crippen LogP) is 0.762. The predicted molar refractivity (Wildman–Crippen MR) is 52.1 cm³/mol. The molecule has 0 bridgehead atoms. The average molecular weight is 195 g/mol. The third kappa shape index (κ3) is 0.920. The molecule has 1 heterocycles. The summed E-state index contributed by atoms with van der Waals surface area (Å²) in [6.45, 7) is 0. The molecule has 2 rings (SSSR count). The Bertz CT molecular complexity index is 476. The molecule has 0 saturated carbocycles. The maximum atomic E-state index is 11.9. The van der Waals surface area contributed by atoms with Crippen LogP contribution >= 0.6 is 0 Å². The Morgan fingerprint density at radius 2 is 2.00 bits per heavy atom. The van der Waals surface area contributed by atoms with Crippen LogP contribution in [0.15, 0.2) is 29.2 Å². The molecule has 1 aromatic rings. The Hall–Kier alpha value is -1.29. The molecule has 0 fully saturated rings. The van der Waals surface area contributed by atoms with Crippen LogP contribution in [0.2, 0.25) is 0 Å². The third-order valence-electron chi connectivity index (χ3n) is 2.19. The van der Waals surface area contributed by atoms with Gasteiger partial charge in [0.1, 0.15) is 0 Å². The SMILES string of the molecule is C=S1(=O)c2ccccc2C(=O)N1C. The smallest absolute Gasteiger partial charge is 0.266 e. The van der Waals surface area contributed by atoms with Gasteiger partial charge in [0.25, 0.3) is 5.91 Å². The van der Waals surface area contributed by atoms with Crippen LogP contribution in [0.25, 0.3) is 0 Å². The Balaban J connectivity index is 2.83. The molecular formula is C9H9NO2S. The van der Waals surface area contributed by atoms with E-state index in [0.717, 1.165) is 0 Å². The van der Waals surface area contributed by atoms with Crippen LogP contribution in [-0.2, 0) is 9.71 Å². The van der Waals surface area contributed by atoms with Gasteiger partial charge in [0.15, 0.2) is 0 Å². The summed E-state index contributed by atoms with van der Waals surface area (Å²) in [5, 5.41) is 0. The molecular weight excluding hydrogens is 186 g/mol. The lowest BCUT2D eigenvalue weighted by molar-refractivity contribution is 0.0894. The van der Waals surface area contributed by atoms with Crippen molar-refractivity contribution >= 4 is 21.5 Å². The van der Waals surface area contributed by atoms with Gasteiger partial charge in [0.05, 0.1) is 20.2 Å². The highest BCUT2D eigenvalue weighted by Crippen LogP contribution is 2.27. The molecule has 0 saturated heterocycles. The van der Waals surface area contributed by atoms with Crippen molar-refractivity contribution in [3.05, 3.63) is 29.8 Å². The minimum atomic E-state index is -2.55. The second-order valence-electron chi connectivity index (χ2n) is 2.94. The lowest BCUT2D eigenvalue weighted by Crippen LogP contribution is -2.24. The van der Waals surface area contributed by atoms with Gasteiger partial charge in [0.2, 0.25) is 0 Å². The monoisotopic (exact) mass is 195 g/mol. The molecule has 1 aliphatic heterocycles. The highest BCUT2D eigenvalue weighted by molar-refractivity contribution is 7.99. The quantitative estimate of drug-likeness (QED) is 0.573. The van der Waals surface area contributed by atoms with E-state index < -0.39 is 9.71 Å². The Morgan fingerprint density at radius 1 is 1.38 bits per heavy atom. The van der Waals surface area contributed by atoms with E-state index in [1.807, 2.05) is 0 Å². The number of hydrogen-bond acceptors (Lipinski definition) is 2. The van der Waals surface area contributed by atoms with Gasteiger partial charge < -0.3 is 0 Å². The molecule has 1 aliphatic rings. The zero-order chi connectivity index (χ0) is 9.64. The first-order valence-corrected chi connectivity index (χ1v) is 5.48. The van der Waals surface area contributed by atoms with Crippen LogP contribution < -0.4 is 0 Å². The minimum absolute atomic E-state index is 0.212. The van der Waals surface area contributed by atoms with Gasteiger partial charge in [-0.25, -0.2) is 4.21 Å². The van der Waals surface area contributed by atoms with Crippen molar-refractivity contribution in [3.8, 4) is 0 Å². The molecule has 1 amide bonds. The summed E-state index contributed by atoms with van der Waals surface area (Å²) in [7, 11) is -1.04. The highest BCUT2D eigenvalue weighted by atomic mass is 32.2. The summed E-state index contributed by atoms with van der Waals surface area (Å²) >= 11 is 0. The summed E-state index contributed by atoms with van der Waals surface area (Å²) in [4.78, 5) is 12.1. The summed E-state index contributed by atoms with van der Waals surface area (Å²) in [6.07, 6.45) is 0. The van der Waals surface area contributed by atoms with Crippen molar-refractivity contribution in [2.24, 2.45) is 0 Å². The van der Waals surface area contributed by atoms with Crippen molar-refractivity contribution in [2.75, 3.05) is 7.05 Å². The summed E-state index contributed by atoms with van der Waals surface area (Å²) in [6, 6.07) is 6.87. The van der Waals surface area contributed by atoms with Gasteiger partial charge in [-0.3, -0.25) is 9.10 Å². The van der Waals surface area contributed by atoms with Crippen LogP contribution in [0, 0.1) is 0 Å². The molecule has 1 aromatic carbocycles. The highest BCUT2D eigenvalue weighted by Gasteiger charge is 2.32. The maximum Gasteiger partial charge on any atom is 0.266 e. The largest absolute Gasteiger partial charge is 0.268 e. The van der Waals surface area contributed by atoms with Crippen molar-refractivity contribution in [3.63, 3.8) is 0 Å². The molecule has 0 aromatic heterocycles. The van der Waals surface area contributed by atoms with Gasteiger partial charge in [-0.15, -0.1) is 0 Å². The molecule has 0 N–H and O–H groups in total. The Labute approximate surface area is 77.1 Å². The van der Waals surface area contributed by atoms with E-state index in [1.54, 1.807) is 24.3 Å². The van der Waals surface area contributed by atoms with E-state index in [0.29, 0.717) is 10.5 Å². The molecule has 0 spiro atoms. The van der Waals surface area contributed by atoms with E-state index in [1.165, 1.54) is 11.4 Å². The number of benzene rings is 1. The van der Waals surface area contributed by atoms with Gasteiger partial charge in [0, 0.05) is 7.05 Å². The maximum absolute atomic E-state index is 11.9. The van der Waals surface area contributed by atoms with Crippen LogP contribution in [0.3, 0.4) is 0 Å². The number of carbonyl (C=O) groups excluding carboxylic acids is 1. The Morgan fingerprint density at radius 3 is 2.62 bits per heavy atom. The summed E-state index contributed by atoms with van der Waals surface area (Å²) in [5.41, 5.74) is 0.505. The molecule has 0 aliphatic carbocycles. The van der Waals surface area contributed by atoms with Crippen molar-refractivity contribution in [1.29, 1.82) is 0 Å². The van der Waals surface area contributed by atoms with E-state index in [9.17, 15) is 9.00 Å². The molecule has 1 atom stereocenters. The zero-order valence-corrected chi connectivity index (χ0v) is 8.00. The normalized spacial score (nSPS) is 26.2. The number of nitrogens with zero attached hydrogens (tertiary/aromatic N) is 1. The summed E-state index contributed by atoms with van der Waals surface area (Å²) in [5.74, 6) is 3.36. The van der Waals surface area contributed by atoms with Crippen LogP contribution in [0.4, 0.5) is 0 Å². The van der Waals surface area contributed by atoms with Crippen molar-refractivity contribution in [1.82, 2.24) is 4.31 Å². The molecule has 1 unspecified atom stereocenters. The molecule has 3 nitrogen and oxygen atoms in total. The number of rotatable bonds is 0. The fourth-order valence-electron chi connectivity index (χ4n) is 1.37. The standard InChI is InChI=1S/C9H9NO2S/c1-10-9(11)7-5-3-4-6-8(7)13(10,2)12/h3-6H,2H2,1H3. The van der Waals surface area contributed by atoms with Crippen LogP contribution in [-0.4, -0.2) is 27.3 Å². The molecule has 0 radical (unpaired) electrons. The second kappa shape index (κ2) is 2.35. The van der Waals surface area contributed by atoms with E-state index in [2.05, 4.69) is 5.87 Å². The topological polar surface area (TPSA) is 37.4 Å². The molecule has 68 valence electrons. The van der Waals surface area contributed by atoms with Crippen molar-refractivity contribution in [2.45, 2.75) is 4.90 Å². The van der Waals surface area contributed by atoms with Crippen LogP contribution in [0.5, 0.6) is 0 Å². The number of hydrogen-bond donors (Lipinski definition) is 0. The van der Waals surface area contributed by atoms with Gasteiger partial charge >= 0.3 is 0 Å². The van der Waals surface area contributed by atoms with Gasteiger partial charge in [-0.05, 0) is 18.0 Å². The average Bonchev–Trinajstić information content (AvgIpc) is 2.30. The number of fused-ring (bicyclic) bond motifs is 1. The zero-order valence-electron chi connectivity index (χ0n) is 7.19. The third-order valence-corrected chi connectivity index (χ3v) is 4.28. The van der Waals surface area contributed by atoms with Gasteiger partial charge in [-0.1, -0.05) is 12.1 Å². The molecule has 13 heavy (non-hydrogen) atoms. The fraction of sp³-hybridized carbons (Fsp3) is 0.111. The van der Waals surface area contributed by atoms with E-state index >= 15 is 0 Å². The Kier molecular flexibility index (Phi) is 1.51.